The number of hydrogen-bond acceptors (Lipinski definition) is 3. The number of para-hydroxylation sites is 1. The zero-order valence-corrected chi connectivity index (χ0v) is 14.7. The molecule has 0 saturated carbocycles. The Hall–Kier alpha value is -1.75. The van der Waals surface area contributed by atoms with E-state index in [4.69, 9.17) is 9.47 Å². The van der Waals surface area contributed by atoms with Gasteiger partial charge in [0.25, 0.3) is 0 Å². The average molecular weight is 320 g/mol. The van der Waals surface area contributed by atoms with Gasteiger partial charge in [0.05, 0.1) is 18.9 Å². The van der Waals surface area contributed by atoms with Crippen molar-refractivity contribution < 1.29 is 14.3 Å². The zero-order valence-electron chi connectivity index (χ0n) is 14.7. The van der Waals surface area contributed by atoms with E-state index in [2.05, 4.69) is 31.4 Å². The lowest BCUT2D eigenvalue weighted by Gasteiger charge is -2.31. The topological polar surface area (TPSA) is 59.6 Å². The molecule has 2 atom stereocenters. The van der Waals surface area contributed by atoms with Gasteiger partial charge in [0.15, 0.2) is 0 Å². The van der Waals surface area contributed by atoms with E-state index in [-0.39, 0.29) is 17.6 Å². The number of urea groups is 1. The largest absolute Gasteiger partial charge is 0.495 e. The summed E-state index contributed by atoms with van der Waals surface area (Å²) in [4.78, 5) is 12.2. The Morgan fingerprint density at radius 1 is 1.39 bits per heavy atom. The molecule has 128 valence electrons. The van der Waals surface area contributed by atoms with E-state index >= 15 is 0 Å². The maximum atomic E-state index is 12.2. The van der Waals surface area contributed by atoms with Crippen molar-refractivity contribution in [1.82, 2.24) is 5.32 Å². The first-order valence-corrected chi connectivity index (χ1v) is 8.13. The number of nitrogens with one attached hydrogen (secondary N) is 2. The van der Waals surface area contributed by atoms with Crippen LogP contribution in [0.4, 0.5) is 10.5 Å². The summed E-state index contributed by atoms with van der Waals surface area (Å²) in [5.74, 6) is 1.01. The second-order valence-electron chi connectivity index (χ2n) is 7.19. The van der Waals surface area contributed by atoms with Crippen molar-refractivity contribution in [2.24, 2.45) is 11.3 Å². The highest BCUT2D eigenvalue weighted by molar-refractivity contribution is 5.91. The van der Waals surface area contributed by atoms with Crippen molar-refractivity contribution in [2.45, 2.75) is 40.2 Å². The number of carbonyl (C=O) groups is 1. The van der Waals surface area contributed by atoms with Gasteiger partial charge in [-0.05, 0) is 30.4 Å². The van der Waals surface area contributed by atoms with Crippen LogP contribution in [0.15, 0.2) is 18.2 Å². The van der Waals surface area contributed by atoms with Crippen LogP contribution in [-0.2, 0) is 4.74 Å². The Kier molecular flexibility index (Phi) is 5.52. The van der Waals surface area contributed by atoms with Gasteiger partial charge in [-0.2, -0.15) is 0 Å². The van der Waals surface area contributed by atoms with Gasteiger partial charge in [-0.15, -0.1) is 0 Å². The molecule has 0 aromatic heterocycles. The number of benzene rings is 1. The highest BCUT2D eigenvalue weighted by Gasteiger charge is 2.37. The molecule has 23 heavy (non-hydrogen) atoms. The number of aryl methyl sites for hydroxylation is 1. The summed E-state index contributed by atoms with van der Waals surface area (Å²) in [6.45, 7) is 9.85. The van der Waals surface area contributed by atoms with E-state index < -0.39 is 0 Å². The maximum Gasteiger partial charge on any atom is 0.319 e. The highest BCUT2D eigenvalue weighted by Crippen LogP contribution is 2.34. The van der Waals surface area contributed by atoms with Gasteiger partial charge < -0.3 is 20.1 Å². The van der Waals surface area contributed by atoms with E-state index in [1.165, 1.54) is 0 Å². The number of amides is 2. The first-order valence-electron chi connectivity index (χ1n) is 8.13. The summed E-state index contributed by atoms with van der Waals surface area (Å²) in [6.07, 6.45) is 1.16. The molecule has 5 nitrogen and oxygen atoms in total. The summed E-state index contributed by atoms with van der Waals surface area (Å²) >= 11 is 0. The Morgan fingerprint density at radius 2 is 2.13 bits per heavy atom. The Labute approximate surface area is 138 Å². The van der Waals surface area contributed by atoms with Crippen LogP contribution in [0.25, 0.3) is 0 Å². The van der Waals surface area contributed by atoms with Gasteiger partial charge in [-0.1, -0.05) is 32.9 Å². The number of hydrogen-bond donors (Lipinski definition) is 2. The molecule has 1 aliphatic rings. The lowest BCUT2D eigenvalue weighted by atomic mass is 9.81. The van der Waals surface area contributed by atoms with Crippen LogP contribution in [0.5, 0.6) is 5.75 Å². The Balaban J connectivity index is 1.94. The third kappa shape index (κ3) is 4.38. The number of carbonyl (C=O) groups excluding carboxylic acids is 1. The van der Waals surface area contributed by atoms with E-state index in [1.54, 1.807) is 7.11 Å². The molecule has 0 bridgehead atoms. The molecule has 2 N–H and O–H groups in total. The summed E-state index contributed by atoms with van der Waals surface area (Å²) < 4.78 is 11.1. The third-order valence-electron chi connectivity index (χ3n) is 4.29. The van der Waals surface area contributed by atoms with E-state index in [9.17, 15) is 4.79 Å². The molecule has 0 radical (unpaired) electrons. The quantitative estimate of drug-likeness (QED) is 0.891. The molecule has 0 spiro atoms. The minimum absolute atomic E-state index is 0.0819. The molecule has 1 aromatic carbocycles. The highest BCUT2D eigenvalue weighted by atomic mass is 16.5. The van der Waals surface area contributed by atoms with Crippen molar-refractivity contribution in [3.05, 3.63) is 23.8 Å². The second-order valence-corrected chi connectivity index (χ2v) is 7.19. The smallest absolute Gasteiger partial charge is 0.319 e. The van der Waals surface area contributed by atoms with Crippen molar-refractivity contribution >= 4 is 11.7 Å². The summed E-state index contributed by atoms with van der Waals surface area (Å²) in [5.41, 5.74) is 1.76. The molecule has 1 heterocycles. The number of ether oxygens (including phenoxy) is 2. The van der Waals surface area contributed by atoms with Gasteiger partial charge in [-0.3, -0.25) is 0 Å². The average Bonchev–Trinajstić information content (AvgIpc) is 2.96. The third-order valence-corrected chi connectivity index (χ3v) is 4.29. The van der Waals surface area contributed by atoms with Gasteiger partial charge >= 0.3 is 6.03 Å². The number of anilines is 1. The molecule has 2 rings (SSSR count). The predicted octanol–water partition coefficient (Wildman–Crippen LogP) is 3.58. The molecule has 5 heteroatoms. The molecule has 1 saturated heterocycles. The molecule has 1 aromatic rings. The first-order chi connectivity index (χ1) is 10.8. The molecule has 2 amide bonds. The van der Waals surface area contributed by atoms with Crippen LogP contribution in [0.2, 0.25) is 0 Å². The minimum atomic E-state index is -0.211. The van der Waals surface area contributed by atoms with E-state index in [0.29, 0.717) is 23.9 Å². The van der Waals surface area contributed by atoms with Gasteiger partial charge in [0.2, 0.25) is 0 Å². The number of methoxy groups -OCH3 is 1. The van der Waals surface area contributed by atoms with E-state index in [0.717, 1.165) is 18.6 Å². The van der Waals surface area contributed by atoms with E-state index in [1.807, 2.05) is 25.1 Å². The molecule has 1 fully saturated rings. The van der Waals surface area contributed by atoms with Gasteiger partial charge in [-0.25, -0.2) is 4.79 Å². The molecule has 1 aliphatic heterocycles. The predicted molar refractivity (Wildman–Crippen MR) is 92.1 cm³/mol. The molecule has 0 unspecified atom stereocenters. The van der Waals surface area contributed by atoms with Crippen LogP contribution in [-0.4, -0.2) is 32.4 Å². The van der Waals surface area contributed by atoms with Crippen LogP contribution in [0.1, 0.15) is 32.8 Å². The van der Waals surface area contributed by atoms with Crippen molar-refractivity contribution in [1.29, 1.82) is 0 Å². The summed E-state index contributed by atoms with van der Waals surface area (Å²) in [6, 6.07) is 5.47. The Morgan fingerprint density at radius 3 is 2.78 bits per heavy atom. The van der Waals surface area contributed by atoms with Gasteiger partial charge in [0, 0.05) is 19.1 Å². The summed E-state index contributed by atoms with van der Waals surface area (Å²) in [5, 5.41) is 5.86. The fraction of sp³-hybridized carbons (Fsp3) is 0.611. The zero-order chi connectivity index (χ0) is 17.0. The maximum absolute atomic E-state index is 12.2. The van der Waals surface area contributed by atoms with Crippen LogP contribution < -0.4 is 15.4 Å². The SMILES string of the molecule is COc1cccc(C)c1NC(=O)NC[C@H]1CCO[C@@H]1C(C)(C)C. The molecular formula is C18H28N2O3. The van der Waals surface area contributed by atoms with Crippen molar-refractivity contribution in [2.75, 3.05) is 25.6 Å². The first kappa shape index (κ1) is 17.6. The second kappa shape index (κ2) is 7.21. The summed E-state index contributed by atoms with van der Waals surface area (Å²) in [7, 11) is 1.60. The normalized spacial score (nSPS) is 21.1. The lowest BCUT2D eigenvalue weighted by molar-refractivity contribution is 0.00782. The molecule has 0 aliphatic carbocycles. The van der Waals surface area contributed by atoms with Crippen LogP contribution in [0.3, 0.4) is 0 Å². The Bertz CT molecular complexity index is 552. The fourth-order valence-electron chi connectivity index (χ4n) is 3.15. The molecular weight excluding hydrogens is 292 g/mol. The lowest BCUT2D eigenvalue weighted by Crippen LogP contribution is -2.40. The fourth-order valence-corrected chi connectivity index (χ4v) is 3.15. The van der Waals surface area contributed by atoms with Crippen LogP contribution in [0, 0.1) is 18.3 Å². The van der Waals surface area contributed by atoms with Crippen molar-refractivity contribution in [3.8, 4) is 5.75 Å². The number of rotatable bonds is 4. The minimum Gasteiger partial charge on any atom is -0.495 e. The van der Waals surface area contributed by atoms with Crippen molar-refractivity contribution in [3.63, 3.8) is 0 Å². The monoisotopic (exact) mass is 320 g/mol. The van der Waals surface area contributed by atoms with Crippen LogP contribution >= 0.6 is 0 Å². The standard InChI is InChI=1S/C18H28N2O3/c1-12-7-6-8-14(22-5)15(12)20-17(21)19-11-13-9-10-23-16(13)18(2,3)4/h6-8,13,16H,9-11H2,1-5H3,(H2,19,20,21)/t13-,16+/m1/s1. The van der Waals surface area contributed by atoms with Gasteiger partial charge in [0.1, 0.15) is 5.75 Å².